The molecule has 1 aromatic rings. The largest absolute Gasteiger partial charge is 0.465 e. The fourth-order valence-electron chi connectivity index (χ4n) is 3.56. The van der Waals surface area contributed by atoms with Crippen molar-refractivity contribution >= 4 is 27.6 Å². The van der Waals surface area contributed by atoms with E-state index in [9.17, 15) is 4.79 Å². The van der Waals surface area contributed by atoms with Gasteiger partial charge in [-0.3, -0.25) is 0 Å². The molecule has 2 fully saturated rings. The van der Waals surface area contributed by atoms with Crippen LogP contribution < -0.4 is 4.90 Å². The number of ether oxygens (including phenoxy) is 1. The zero-order valence-electron chi connectivity index (χ0n) is 12.4. The lowest BCUT2D eigenvalue weighted by Gasteiger charge is -2.45. The molecular formula is C16H22BrN2O2+. The molecule has 1 atom stereocenters. The highest BCUT2D eigenvalue weighted by Gasteiger charge is 2.42. The predicted octanol–water partition coefficient (Wildman–Crippen LogP) is 2.62. The molecular weight excluding hydrogens is 332 g/mol. The molecule has 5 heteroatoms. The molecule has 2 heterocycles. The van der Waals surface area contributed by atoms with Gasteiger partial charge >= 0.3 is 5.97 Å². The van der Waals surface area contributed by atoms with Crippen LogP contribution in [0.3, 0.4) is 0 Å². The summed E-state index contributed by atoms with van der Waals surface area (Å²) in [6.45, 7) is 5.75. The molecule has 1 unspecified atom stereocenters. The first-order chi connectivity index (χ1) is 10.1. The quantitative estimate of drug-likeness (QED) is 0.354. The van der Waals surface area contributed by atoms with Crippen LogP contribution in [0.25, 0.3) is 0 Å². The van der Waals surface area contributed by atoms with E-state index in [4.69, 9.17) is 4.74 Å². The molecule has 21 heavy (non-hydrogen) atoms. The minimum absolute atomic E-state index is 0.266. The first-order valence-electron chi connectivity index (χ1n) is 7.58. The van der Waals surface area contributed by atoms with E-state index in [-0.39, 0.29) is 5.97 Å². The molecule has 0 saturated carbocycles. The van der Waals surface area contributed by atoms with Gasteiger partial charge in [0.05, 0.1) is 45.4 Å². The number of rotatable bonds is 2. The van der Waals surface area contributed by atoms with Crippen molar-refractivity contribution in [3.8, 4) is 0 Å². The van der Waals surface area contributed by atoms with Gasteiger partial charge in [0.1, 0.15) is 4.95 Å². The summed E-state index contributed by atoms with van der Waals surface area (Å²) < 4.78 is 6.02. The Morgan fingerprint density at radius 1 is 1.33 bits per heavy atom. The van der Waals surface area contributed by atoms with Gasteiger partial charge in [0.25, 0.3) is 0 Å². The Balaban J connectivity index is 1.71. The van der Waals surface area contributed by atoms with Crippen LogP contribution in [0.5, 0.6) is 0 Å². The topological polar surface area (TPSA) is 29.5 Å². The summed E-state index contributed by atoms with van der Waals surface area (Å²) in [6.07, 6.45) is 2.62. The third kappa shape index (κ3) is 2.81. The number of methoxy groups -OCH3 is 1. The average Bonchev–Trinajstić information content (AvgIpc) is 2.88. The van der Waals surface area contributed by atoms with Crippen LogP contribution in [0.2, 0.25) is 0 Å². The van der Waals surface area contributed by atoms with Gasteiger partial charge in [-0.15, -0.1) is 0 Å². The monoisotopic (exact) mass is 353 g/mol. The number of carbonyl (C=O) groups excluding carboxylic acids is 1. The smallest absolute Gasteiger partial charge is 0.337 e. The number of anilines is 1. The Morgan fingerprint density at radius 3 is 2.71 bits per heavy atom. The Bertz CT molecular complexity index is 527. The maximum Gasteiger partial charge on any atom is 0.337 e. The number of benzene rings is 1. The van der Waals surface area contributed by atoms with Crippen LogP contribution in [0.1, 0.15) is 23.2 Å². The molecule has 1 aromatic carbocycles. The van der Waals surface area contributed by atoms with E-state index in [1.165, 1.54) is 44.1 Å². The molecule has 1 spiro atoms. The van der Waals surface area contributed by atoms with Crippen LogP contribution in [0.4, 0.5) is 5.69 Å². The molecule has 4 nitrogen and oxygen atoms in total. The standard InChI is InChI=1S/C16H22BrN2O2/c1-21-16(20)13-4-2-5-14(12-13)18-7-10-19(11-8-18)9-3-6-15(19)17/h2,4-5,12,15H,3,6-11H2,1H3/q+1. The second-order valence-corrected chi connectivity index (χ2v) is 7.05. The summed E-state index contributed by atoms with van der Waals surface area (Å²) in [7, 11) is 1.42. The van der Waals surface area contributed by atoms with E-state index in [1.807, 2.05) is 18.2 Å². The van der Waals surface area contributed by atoms with Crippen molar-refractivity contribution in [1.82, 2.24) is 0 Å². The second kappa shape index (κ2) is 5.97. The van der Waals surface area contributed by atoms with Gasteiger partial charge < -0.3 is 14.1 Å². The van der Waals surface area contributed by atoms with Gasteiger partial charge in [-0.1, -0.05) is 6.07 Å². The molecule has 114 valence electrons. The van der Waals surface area contributed by atoms with Crippen molar-refractivity contribution in [2.45, 2.75) is 17.8 Å². The van der Waals surface area contributed by atoms with Crippen molar-refractivity contribution in [3.63, 3.8) is 0 Å². The summed E-state index contributed by atoms with van der Waals surface area (Å²) >= 11 is 3.87. The van der Waals surface area contributed by atoms with Crippen LogP contribution >= 0.6 is 15.9 Å². The SMILES string of the molecule is COC(=O)c1cccc(N2CC[N+]3(CCCC3Br)CC2)c1. The van der Waals surface area contributed by atoms with Crippen molar-refractivity contribution in [2.24, 2.45) is 0 Å². The Kier molecular flexibility index (Phi) is 4.22. The normalized spacial score (nSPS) is 24.3. The van der Waals surface area contributed by atoms with Crippen LogP contribution in [0.15, 0.2) is 24.3 Å². The molecule has 0 aliphatic carbocycles. The number of piperazine rings is 1. The van der Waals surface area contributed by atoms with Gasteiger partial charge in [0.15, 0.2) is 0 Å². The fourth-order valence-corrected chi connectivity index (χ4v) is 4.50. The van der Waals surface area contributed by atoms with E-state index in [0.717, 1.165) is 18.8 Å². The van der Waals surface area contributed by atoms with Crippen LogP contribution in [0, 0.1) is 0 Å². The number of alkyl halides is 1. The minimum Gasteiger partial charge on any atom is -0.465 e. The van der Waals surface area contributed by atoms with E-state index in [0.29, 0.717) is 10.5 Å². The van der Waals surface area contributed by atoms with Gasteiger partial charge in [-0.05, 0) is 34.1 Å². The van der Waals surface area contributed by atoms with Gasteiger partial charge in [-0.25, -0.2) is 4.79 Å². The van der Waals surface area contributed by atoms with Gasteiger partial charge in [0.2, 0.25) is 0 Å². The van der Waals surface area contributed by atoms with Crippen molar-refractivity contribution in [2.75, 3.05) is 44.7 Å². The van der Waals surface area contributed by atoms with Crippen LogP contribution in [-0.2, 0) is 4.74 Å². The summed E-state index contributed by atoms with van der Waals surface area (Å²) in [5.74, 6) is -0.266. The van der Waals surface area contributed by atoms with Gasteiger partial charge in [-0.2, -0.15) is 0 Å². The lowest BCUT2D eigenvalue weighted by atomic mass is 10.1. The highest BCUT2D eigenvalue weighted by atomic mass is 79.9. The van der Waals surface area contributed by atoms with Crippen molar-refractivity contribution < 1.29 is 14.0 Å². The maximum absolute atomic E-state index is 11.6. The molecule has 0 amide bonds. The molecule has 2 aliphatic heterocycles. The second-order valence-electron chi connectivity index (χ2n) is 6.00. The highest BCUT2D eigenvalue weighted by Crippen LogP contribution is 2.33. The number of quaternary nitrogens is 1. The number of carbonyl (C=O) groups is 1. The molecule has 2 aliphatic rings. The fraction of sp³-hybridized carbons (Fsp3) is 0.562. The van der Waals surface area contributed by atoms with Gasteiger partial charge in [0, 0.05) is 18.5 Å². The maximum atomic E-state index is 11.6. The van der Waals surface area contributed by atoms with E-state index < -0.39 is 0 Å². The number of esters is 1. The molecule has 0 N–H and O–H groups in total. The lowest BCUT2D eigenvalue weighted by molar-refractivity contribution is -0.925. The number of halogens is 1. The Labute approximate surface area is 134 Å². The highest BCUT2D eigenvalue weighted by molar-refractivity contribution is 9.09. The van der Waals surface area contributed by atoms with Crippen LogP contribution in [-0.4, -0.2) is 55.2 Å². The first kappa shape index (κ1) is 14.9. The zero-order valence-corrected chi connectivity index (χ0v) is 14.0. The molecule has 0 aromatic heterocycles. The Morgan fingerprint density at radius 2 is 2.10 bits per heavy atom. The number of hydrogen-bond acceptors (Lipinski definition) is 3. The number of hydrogen-bond donors (Lipinski definition) is 0. The third-order valence-electron chi connectivity index (χ3n) is 4.90. The zero-order chi connectivity index (χ0) is 14.9. The molecule has 0 bridgehead atoms. The Hall–Kier alpha value is -1.07. The number of nitrogens with zero attached hydrogens (tertiary/aromatic N) is 2. The average molecular weight is 354 g/mol. The van der Waals surface area contributed by atoms with E-state index in [2.05, 4.69) is 26.9 Å². The molecule has 0 radical (unpaired) electrons. The van der Waals surface area contributed by atoms with Crippen molar-refractivity contribution in [3.05, 3.63) is 29.8 Å². The lowest BCUT2D eigenvalue weighted by Crippen LogP contribution is -2.60. The summed E-state index contributed by atoms with van der Waals surface area (Å²) in [5, 5.41) is 0. The predicted molar refractivity (Wildman–Crippen MR) is 86.8 cm³/mol. The van der Waals surface area contributed by atoms with E-state index >= 15 is 0 Å². The third-order valence-corrected chi connectivity index (χ3v) is 6.23. The summed E-state index contributed by atoms with van der Waals surface area (Å²) in [4.78, 5) is 14.7. The van der Waals surface area contributed by atoms with E-state index in [1.54, 1.807) is 0 Å². The summed E-state index contributed by atoms with van der Waals surface area (Å²) in [5.41, 5.74) is 1.75. The van der Waals surface area contributed by atoms with Crippen molar-refractivity contribution in [1.29, 1.82) is 0 Å². The minimum atomic E-state index is -0.266. The molecule has 3 rings (SSSR count). The summed E-state index contributed by atoms with van der Waals surface area (Å²) in [6, 6.07) is 7.76. The molecule has 2 saturated heterocycles. The first-order valence-corrected chi connectivity index (χ1v) is 8.49.